The van der Waals surface area contributed by atoms with Crippen molar-refractivity contribution in [2.45, 2.75) is 77.0 Å². The van der Waals surface area contributed by atoms with Crippen molar-refractivity contribution in [3.8, 4) is 0 Å². The first-order chi connectivity index (χ1) is 19.1. The number of amides is 1. The molecule has 0 spiro atoms. The van der Waals surface area contributed by atoms with E-state index < -0.39 is 0 Å². The van der Waals surface area contributed by atoms with Crippen LogP contribution >= 0.6 is 0 Å². The molecule has 0 saturated heterocycles. The summed E-state index contributed by atoms with van der Waals surface area (Å²) < 4.78 is 7.99. The number of hydrogen-bond acceptors (Lipinski definition) is 6. The summed E-state index contributed by atoms with van der Waals surface area (Å²) in [5, 5.41) is 16.8. The van der Waals surface area contributed by atoms with Crippen molar-refractivity contribution in [1.82, 2.24) is 30.5 Å². The lowest BCUT2D eigenvalue weighted by Crippen LogP contribution is -2.43. The van der Waals surface area contributed by atoms with Crippen LogP contribution in [0.25, 0.3) is 22.0 Å². The highest BCUT2D eigenvalue weighted by molar-refractivity contribution is 6.02. The minimum Gasteiger partial charge on any atom is -0.462 e. The molecular formula is C31H40N6O2. The van der Waals surface area contributed by atoms with Crippen molar-refractivity contribution in [3.05, 3.63) is 59.4 Å². The maximum Gasteiger partial charge on any atom is 0.244 e. The monoisotopic (exact) mass is 528 g/mol. The minimum atomic E-state index is -0.00777. The van der Waals surface area contributed by atoms with Crippen LogP contribution in [0.2, 0.25) is 0 Å². The van der Waals surface area contributed by atoms with Gasteiger partial charge in [-0.15, -0.1) is 5.10 Å². The van der Waals surface area contributed by atoms with Crippen LogP contribution in [0.5, 0.6) is 0 Å². The van der Waals surface area contributed by atoms with Gasteiger partial charge in [-0.2, -0.15) is 0 Å². The smallest absolute Gasteiger partial charge is 0.244 e. The van der Waals surface area contributed by atoms with Gasteiger partial charge in [0, 0.05) is 30.6 Å². The van der Waals surface area contributed by atoms with Crippen LogP contribution in [0, 0.1) is 5.92 Å². The summed E-state index contributed by atoms with van der Waals surface area (Å²) in [6.45, 7) is 5.62. The summed E-state index contributed by atoms with van der Waals surface area (Å²) in [6.07, 6.45) is 18.5. The van der Waals surface area contributed by atoms with Crippen LogP contribution in [0.1, 0.15) is 57.4 Å². The van der Waals surface area contributed by atoms with E-state index in [9.17, 15) is 4.79 Å². The van der Waals surface area contributed by atoms with E-state index in [2.05, 4.69) is 64.1 Å². The Morgan fingerprint density at radius 2 is 2.08 bits per heavy atom. The average Bonchev–Trinajstić information content (AvgIpc) is 3.60. The van der Waals surface area contributed by atoms with Gasteiger partial charge in [-0.3, -0.25) is 4.79 Å². The number of carbonyl (C=O) groups is 1. The summed E-state index contributed by atoms with van der Waals surface area (Å²) in [5.74, 6) is 0.296. The number of carbonyl (C=O) groups excluding carboxylic acids is 1. The quantitative estimate of drug-likeness (QED) is 0.365. The van der Waals surface area contributed by atoms with Crippen molar-refractivity contribution >= 4 is 27.9 Å². The van der Waals surface area contributed by atoms with Crippen molar-refractivity contribution < 1.29 is 9.21 Å². The number of allylic oxidation sites excluding steroid dienone is 1. The molecule has 8 nitrogen and oxygen atoms in total. The van der Waals surface area contributed by atoms with Gasteiger partial charge in [0.25, 0.3) is 0 Å². The van der Waals surface area contributed by atoms with Gasteiger partial charge in [0.05, 0.1) is 12.3 Å². The highest BCUT2D eigenvalue weighted by atomic mass is 16.3. The first-order valence-electron chi connectivity index (χ1n) is 14.6. The molecule has 6 rings (SSSR count). The summed E-state index contributed by atoms with van der Waals surface area (Å²) in [6, 6.07) is 5.01. The molecule has 3 aliphatic rings. The van der Waals surface area contributed by atoms with E-state index >= 15 is 0 Å². The molecule has 8 heteroatoms. The van der Waals surface area contributed by atoms with Crippen LogP contribution in [-0.4, -0.2) is 58.0 Å². The molecule has 1 fully saturated rings. The van der Waals surface area contributed by atoms with Gasteiger partial charge < -0.3 is 20.0 Å². The topological polar surface area (TPSA) is 88.2 Å². The highest BCUT2D eigenvalue weighted by Crippen LogP contribution is 2.30. The van der Waals surface area contributed by atoms with E-state index in [1.807, 2.05) is 10.8 Å². The molecule has 2 N–H and O–H groups in total. The second kappa shape index (κ2) is 11.5. The Morgan fingerprint density at radius 1 is 1.21 bits per heavy atom. The Labute approximate surface area is 230 Å². The number of rotatable bonds is 10. The molecule has 1 amide bonds. The Morgan fingerprint density at radius 3 is 2.95 bits per heavy atom. The fourth-order valence-corrected chi connectivity index (χ4v) is 6.54. The van der Waals surface area contributed by atoms with Crippen molar-refractivity contribution in [2.24, 2.45) is 5.92 Å². The van der Waals surface area contributed by atoms with Crippen LogP contribution in [0.4, 0.5) is 0 Å². The van der Waals surface area contributed by atoms with Crippen molar-refractivity contribution in [1.29, 1.82) is 0 Å². The zero-order chi connectivity index (χ0) is 26.8. The third-order valence-corrected chi connectivity index (χ3v) is 8.81. The van der Waals surface area contributed by atoms with Crippen LogP contribution in [0.15, 0.2) is 58.3 Å². The fourth-order valence-electron chi connectivity index (χ4n) is 6.54. The average molecular weight is 529 g/mol. The summed E-state index contributed by atoms with van der Waals surface area (Å²) in [4.78, 5) is 14.4. The van der Waals surface area contributed by atoms with Gasteiger partial charge >= 0.3 is 0 Å². The number of nitrogens with zero attached hydrogens (tertiary/aromatic N) is 4. The fraction of sp³-hybridized carbons (Fsp3) is 0.516. The van der Waals surface area contributed by atoms with E-state index in [0.29, 0.717) is 5.92 Å². The standard InChI is InChI=1S/C31H40N6O2/c1-21-9-10-22(25-11-12-28(38)33-29(21)25)13-15-32-20-23-19-27-30(31-26(23)14-18-39-31)37(35-34-27)17-6-16-36(2)24-7-4-3-5-8-24/h9-12,14,18-19,21,24,29,32H,3-8,13,15-17,20H2,1-2H3,(H,33,38). The Hall–Kier alpha value is -3.23. The Balaban J connectivity index is 1.09. The summed E-state index contributed by atoms with van der Waals surface area (Å²) in [7, 11) is 2.27. The third kappa shape index (κ3) is 5.45. The first-order valence-corrected chi connectivity index (χ1v) is 14.6. The number of furan rings is 1. The van der Waals surface area contributed by atoms with Gasteiger partial charge in [-0.1, -0.05) is 49.6 Å². The van der Waals surface area contributed by atoms with Gasteiger partial charge in [-0.05, 0) is 80.6 Å². The number of aryl methyl sites for hydroxylation is 1. The van der Waals surface area contributed by atoms with E-state index in [4.69, 9.17) is 4.42 Å². The van der Waals surface area contributed by atoms with E-state index in [-0.39, 0.29) is 11.9 Å². The normalized spacial score (nSPS) is 21.9. The zero-order valence-corrected chi connectivity index (χ0v) is 23.2. The zero-order valence-electron chi connectivity index (χ0n) is 23.2. The molecule has 206 valence electrons. The van der Waals surface area contributed by atoms with E-state index in [0.717, 1.165) is 67.1 Å². The number of fused-ring (bicyclic) bond motifs is 4. The van der Waals surface area contributed by atoms with Crippen molar-refractivity contribution in [2.75, 3.05) is 20.1 Å². The molecule has 2 unspecified atom stereocenters. The number of aromatic nitrogens is 3. The Bertz CT molecular complexity index is 1420. The summed E-state index contributed by atoms with van der Waals surface area (Å²) >= 11 is 0. The third-order valence-electron chi connectivity index (χ3n) is 8.81. The maximum absolute atomic E-state index is 11.8. The lowest BCUT2D eigenvalue weighted by atomic mass is 9.83. The second-order valence-electron chi connectivity index (χ2n) is 11.5. The molecule has 3 heterocycles. The largest absolute Gasteiger partial charge is 0.462 e. The van der Waals surface area contributed by atoms with Crippen LogP contribution < -0.4 is 10.6 Å². The Kier molecular flexibility index (Phi) is 7.66. The molecule has 0 radical (unpaired) electrons. The molecule has 2 aliphatic carbocycles. The number of benzene rings is 1. The number of nitrogens with one attached hydrogen (secondary N) is 2. The molecule has 1 aromatic carbocycles. The van der Waals surface area contributed by atoms with Gasteiger partial charge in [0.2, 0.25) is 5.91 Å². The number of hydrogen-bond donors (Lipinski definition) is 2. The van der Waals surface area contributed by atoms with Crippen LogP contribution in [0.3, 0.4) is 0 Å². The molecule has 1 saturated carbocycles. The van der Waals surface area contributed by atoms with Gasteiger partial charge in [0.15, 0.2) is 5.58 Å². The highest BCUT2D eigenvalue weighted by Gasteiger charge is 2.27. The SMILES string of the molecule is CC1C=CC(CCNCc2cc3nnn(CCCN(C)C4CCCCC4)c3c3occc23)=C2C=CC(=O)NC21. The molecule has 0 bridgehead atoms. The predicted molar refractivity (Wildman–Crippen MR) is 154 cm³/mol. The van der Waals surface area contributed by atoms with Crippen LogP contribution in [-0.2, 0) is 17.9 Å². The lowest BCUT2D eigenvalue weighted by molar-refractivity contribution is -0.117. The van der Waals surface area contributed by atoms with E-state index in [1.54, 1.807) is 12.3 Å². The predicted octanol–water partition coefficient (Wildman–Crippen LogP) is 4.87. The summed E-state index contributed by atoms with van der Waals surface area (Å²) in [5.41, 5.74) is 6.42. The van der Waals surface area contributed by atoms with Crippen molar-refractivity contribution in [3.63, 3.8) is 0 Å². The molecular weight excluding hydrogens is 488 g/mol. The van der Waals surface area contributed by atoms with Gasteiger partial charge in [0.1, 0.15) is 11.0 Å². The molecule has 2 aromatic heterocycles. The molecule has 1 aliphatic heterocycles. The first kappa shape index (κ1) is 26.0. The van der Waals surface area contributed by atoms with Gasteiger partial charge in [-0.25, -0.2) is 4.68 Å². The maximum atomic E-state index is 11.8. The van der Waals surface area contributed by atoms with E-state index in [1.165, 1.54) is 48.8 Å². The second-order valence-corrected chi connectivity index (χ2v) is 11.5. The minimum absolute atomic E-state index is 0.00777. The lowest BCUT2D eigenvalue weighted by Gasteiger charge is -2.31. The molecule has 39 heavy (non-hydrogen) atoms. The molecule has 2 atom stereocenters. The molecule has 3 aromatic rings.